The summed E-state index contributed by atoms with van der Waals surface area (Å²) < 4.78 is 10.1. The molecule has 1 aliphatic rings. The van der Waals surface area contributed by atoms with Crippen LogP contribution in [0.1, 0.15) is 27.2 Å². The lowest BCUT2D eigenvalue weighted by Gasteiger charge is -2.28. The van der Waals surface area contributed by atoms with Crippen molar-refractivity contribution < 1.29 is 19.1 Å². The Balaban J connectivity index is 2.54. The van der Waals surface area contributed by atoms with Gasteiger partial charge in [0.05, 0.1) is 0 Å². The molecule has 0 radical (unpaired) electrons. The van der Waals surface area contributed by atoms with Crippen LogP contribution in [0.25, 0.3) is 0 Å². The number of rotatable bonds is 2. The molecule has 0 aromatic heterocycles. The largest absolute Gasteiger partial charge is 0.458 e. The number of carbonyl (C=O) groups excluding carboxylic acids is 2. The van der Waals surface area contributed by atoms with Crippen molar-refractivity contribution in [1.82, 2.24) is 0 Å². The average molecular weight is 212 g/mol. The molecule has 4 nitrogen and oxygen atoms in total. The van der Waals surface area contributed by atoms with Gasteiger partial charge in [-0.2, -0.15) is 0 Å². The van der Waals surface area contributed by atoms with Crippen LogP contribution in [0.3, 0.4) is 0 Å². The van der Waals surface area contributed by atoms with E-state index in [1.54, 1.807) is 12.2 Å². The van der Waals surface area contributed by atoms with Crippen molar-refractivity contribution in [2.24, 2.45) is 5.92 Å². The molecule has 0 amide bonds. The number of ether oxygens (including phenoxy) is 2. The lowest BCUT2D eigenvalue weighted by molar-refractivity contribution is -0.151. The van der Waals surface area contributed by atoms with E-state index in [1.165, 1.54) is 13.8 Å². The van der Waals surface area contributed by atoms with E-state index in [0.717, 1.165) is 0 Å². The van der Waals surface area contributed by atoms with Crippen molar-refractivity contribution in [3.05, 3.63) is 12.2 Å². The molecule has 0 bridgehead atoms. The summed E-state index contributed by atoms with van der Waals surface area (Å²) in [5.41, 5.74) is 0. The fraction of sp³-hybridized carbons (Fsp3) is 0.636. The summed E-state index contributed by atoms with van der Waals surface area (Å²) in [7, 11) is 0. The van der Waals surface area contributed by atoms with Crippen LogP contribution in [0, 0.1) is 5.92 Å². The molecule has 0 heterocycles. The van der Waals surface area contributed by atoms with Crippen LogP contribution in [0.4, 0.5) is 0 Å². The van der Waals surface area contributed by atoms with Crippen molar-refractivity contribution >= 4 is 11.9 Å². The topological polar surface area (TPSA) is 52.6 Å². The first kappa shape index (κ1) is 11.8. The molecule has 4 heteroatoms. The fourth-order valence-corrected chi connectivity index (χ4v) is 1.65. The molecule has 0 unspecified atom stereocenters. The minimum Gasteiger partial charge on any atom is -0.458 e. The molecule has 84 valence electrons. The molecule has 0 saturated carbocycles. The maximum atomic E-state index is 10.8. The molecule has 15 heavy (non-hydrogen) atoms. The molecule has 0 aromatic rings. The second-order valence-corrected chi connectivity index (χ2v) is 3.82. The monoisotopic (exact) mass is 212 g/mol. The Kier molecular flexibility index (Phi) is 3.88. The molecule has 0 aliphatic heterocycles. The van der Waals surface area contributed by atoms with E-state index in [9.17, 15) is 9.59 Å². The van der Waals surface area contributed by atoms with Gasteiger partial charge in [0.1, 0.15) is 12.2 Å². The third-order valence-corrected chi connectivity index (χ3v) is 2.30. The quantitative estimate of drug-likeness (QED) is 0.513. The second-order valence-electron chi connectivity index (χ2n) is 3.82. The maximum absolute atomic E-state index is 10.8. The smallest absolute Gasteiger partial charge is 0.303 e. The van der Waals surface area contributed by atoms with Crippen LogP contribution in [0.15, 0.2) is 12.2 Å². The van der Waals surface area contributed by atoms with Crippen molar-refractivity contribution in [1.29, 1.82) is 0 Å². The minimum atomic E-state index is -0.289. The van der Waals surface area contributed by atoms with E-state index in [2.05, 4.69) is 0 Å². The molecule has 0 spiro atoms. The summed E-state index contributed by atoms with van der Waals surface area (Å²) in [6.07, 6.45) is 3.85. The predicted octanol–water partition coefficient (Wildman–Crippen LogP) is 1.45. The van der Waals surface area contributed by atoms with E-state index < -0.39 is 0 Å². The lowest BCUT2D eigenvalue weighted by atomic mass is 9.91. The van der Waals surface area contributed by atoms with E-state index in [1.807, 2.05) is 6.92 Å². The van der Waals surface area contributed by atoms with Crippen LogP contribution >= 0.6 is 0 Å². The van der Waals surface area contributed by atoms with Crippen molar-refractivity contribution in [2.45, 2.75) is 39.4 Å². The summed E-state index contributed by atoms with van der Waals surface area (Å²) >= 11 is 0. The van der Waals surface area contributed by atoms with E-state index in [0.29, 0.717) is 6.42 Å². The highest BCUT2D eigenvalue weighted by Crippen LogP contribution is 2.23. The lowest BCUT2D eigenvalue weighted by Crippen LogP contribution is -2.31. The molecule has 0 saturated heterocycles. The van der Waals surface area contributed by atoms with E-state index in [4.69, 9.17) is 9.47 Å². The van der Waals surface area contributed by atoms with Gasteiger partial charge in [0.25, 0.3) is 0 Å². The summed E-state index contributed by atoms with van der Waals surface area (Å²) in [6.45, 7) is 4.74. The Labute approximate surface area is 89.2 Å². The maximum Gasteiger partial charge on any atom is 0.303 e. The molecule has 0 aromatic carbocycles. The fourth-order valence-electron chi connectivity index (χ4n) is 1.65. The molecule has 3 atom stereocenters. The van der Waals surface area contributed by atoms with Crippen LogP contribution in [0.2, 0.25) is 0 Å². The van der Waals surface area contributed by atoms with Crippen molar-refractivity contribution in [3.8, 4) is 0 Å². The predicted molar refractivity (Wildman–Crippen MR) is 54.0 cm³/mol. The molecule has 1 aliphatic carbocycles. The van der Waals surface area contributed by atoms with Crippen molar-refractivity contribution in [2.75, 3.05) is 0 Å². The van der Waals surface area contributed by atoms with Crippen LogP contribution < -0.4 is 0 Å². The Morgan fingerprint density at radius 1 is 1.13 bits per heavy atom. The second kappa shape index (κ2) is 4.96. The summed E-state index contributed by atoms with van der Waals surface area (Å²) in [5.74, 6) is -0.409. The van der Waals surface area contributed by atoms with Crippen LogP contribution in [-0.4, -0.2) is 24.1 Å². The van der Waals surface area contributed by atoms with Gasteiger partial charge in [0, 0.05) is 19.8 Å². The van der Waals surface area contributed by atoms with E-state index >= 15 is 0 Å². The Morgan fingerprint density at radius 2 is 1.73 bits per heavy atom. The third-order valence-electron chi connectivity index (χ3n) is 2.30. The van der Waals surface area contributed by atoms with Gasteiger partial charge in [-0.25, -0.2) is 0 Å². The Hall–Kier alpha value is -1.32. The zero-order valence-electron chi connectivity index (χ0n) is 9.23. The molecule has 1 rings (SSSR count). The van der Waals surface area contributed by atoms with Gasteiger partial charge >= 0.3 is 11.9 Å². The highest BCUT2D eigenvalue weighted by Gasteiger charge is 2.26. The van der Waals surface area contributed by atoms with E-state index in [-0.39, 0.29) is 30.1 Å². The first-order valence-corrected chi connectivity index (χ1v) is 5.02. The van der Waals surface area contributed by atoms with Crippen molar-refractivity contribution in [3.63, 3.8) is 0 Å². The number of carbonyl (C=O) groups is 2. The van der Waals surface area contributed by atoms with Gasteiger partial charge in [-0.3, -0.25) is 9.59 Å². The Morgan fingerprint density at radius 3 is 2.20 bits per heavy atom. The number of hydrogen-bond donors (Lipinski definition) is 0. The van der Waals surface area contributed by atoms with Gasteiger partial charge in [-0.15, -0.1) is 0 Å². The van der Waals surface area contributed by atoms with Crippen LogP contribution in [-0.2, 0) is 19.1 Å². The highest BCUT2D eigenvalue weighted by atomic mass is 16.5. The Bertz CT molecular complexity index is 282. The van der Waals surface area contributed by atoms with Gasteiger partial charge in [-0.05, 0) is 18.6 Å². The molecule has 0 N–H and O–H groups in total. The first-order valence-electron chi connectivity index (χ1n) is 5.02. The normalized spacial score (nSPS) is 29.7. The molecule has 0 fully saturated rings. The standard InChI is InChI=1S/C11H16O4/c1-7-6-10(14-8(2)12)4-5-11(7)15-9(3)13/h4-5,7,10-11H,6H2,1-3H3/t7-,10+,11-/m0/s1. The summed E-state index contributed by atoms with van der Waals surface area (Å²) in [6, 6.07) is 0. The third kappa shape index (κ3) is 3.73. The van der Waals surface area contributed by atoms with Gasteiger partial charge < -0.3 is 9.47 Å². The van der Waals surface area contributed by atoms with Gasteiger partial charge in [0.15, 0.2) is 0 Å². The number of hydrogen-bond acceptors (Lipinski definition) is 4. The highest BCUT2D eigenvalue weighted by molar-refractivity contribution is 5.67. The SMILES string of the molecule is CC(=O)O[C@@H]1C=C[C@H](OC(C)=O)[C@@H](C)C1. The number of esters is 2. The summed E-state index contributed by atoms with van der Waals surface area (Å²) in [4.78, 5) is 21.5. The minimum absolute atomic E-state index is 0.170. The molecular weight excluding hydrogens is 196 g/mol. The zero-order valence-corrected chi connectivity index (χ0v) is 9.23. The average Bonchev–Trinajstić information content (AvgIpc) is 2.08. The zero-order chi connectivity index (χ0) is 11.4. The van der Waals surface area contributed by atoms with Gasteiger partial charge in [-0.1, -0.05) is 6.92 Å². The first-order chi connectivity index (χ1) is 6.99. The molecular formula is C11H16O4. The van der Waals surface area contributed by atoms with Gasteiger partial charge in [0.2, 0.25) is 0 Å². The van der Waals surface area contributed by atoms with Crippen LogP contribution in [0.5, 0.6) is 0 Å². The summed E-state index contributed by atoms with van der Waals surface area (Å²) in [5, 5.41) is 0.